The summed E-state index contributed by atoms with van der Waals surface area (Å²) in [6.45, 7) is 6.10. The van der Waals surface area contributed by atoms with Gasteiger partial charge < -0.3 is 10.0 Å². The lowest BCUT2D eigenvalue weighted by atomic mass is 9.99. The molecule has 0 atom stereocenters. The number of carbonyl (C=O) groups excluding carboxylic acids is 1. The molecule has 0 saturated heterocycles. The average Bonchev–Trinajstić information content (AvgIpc) is 3.47. The number of nitrogens with zero attached hydrogens (tertiary/aromatic N) is 3. The zero-order valence-corrected chi connectivity index (χ0v) is 15.6. The van der Waals surface area contributed by atoms with Gasteiger partial charge in [0.1, 0.15) is 17.8 Å². The van der Waals surface area contributed by atoms with Gasteiger partial charge in [-0.05, 0) is 48.8 Å². The molecule has 3 rings (SSSR count). The molecule has 1 aromatic carbocycles. The maximum absolute atomic E-state index is 12.7. The number of hydrogen-bond acceptors (Lipinski definition) is 5. The second-order valence-corrected chi connectivity index (χ2v) is 7.17. The number of aliphatic hydroxyl groups excluding tert-OH is 1. The summed E-state index contributed by atoms with van der Waals surface area (Å²) < 4.78 is 0. The van der Waals surface area contributed by atoms with Crippen LogP contribution in [0.2, 0.25) is 0 Å². The first kappa shape index (κ1) is 18.5. The summed E-state index contributed by atoms with van der Waals surface area (Å²) in [5.41, 5.74) is 3.31. The molecule has 1 aromatic heterocycles. The lowest BCUT2D eigenvalue weighted by molar-refractivity contribution is 0.0988. The molecule has 5 heteroatoms. The number of Topliss-reactive ketones (excluding diaryl/α,β-unsaturated/α-hetero) is 1. The zero-order valence-electron chi connectivity index (χ0n) is 15.6. The lowest BCUT2D eigenvalue weighted by Gasteiger charge is -2.23. The number of benzene rings is 1. The number of aliphatic hydroxyl groups is 1. The maximum atomic E-state index is 12.7. The third-order valence-corrected chi connectivity index (χ3v) is 4.87. The van der Waals surface area contributed by atoms with Gasteiger partial charge in [0.05, 0.1) is 6.61 Å². The molecule has 1 heterocycles. The first-order chi connectivity index (χ1) is 12.6. The predicted octanol–water partition coefficient (Wildman–Crippen LogP) is 3.33. The molecule has 1 aliphatic rings. The van der Waals surface area contributed by atoms with Crippen molar-refractivity contribution in [3.05, 3.63) is 53.0 Å². The van der Waals surface area contributed by atoms with Gasteiger partial charge in [0, 0.05) is 25.6 Å². The normalized spacial score (nSPS) is 13.7. The highest BCUT2D eigenvalue weighted by molar-refractivity contribution is 5.96. The van der Waals surface area contributed by atoms with Gasteiger partial charge in [-0.3, -0.25) is 4.79 Å². The Morgan fingerprint density at radius 2 is 2.08 bits per heavy atom. The number of carbonyl (C=O) groups is 1. The second-order valence-electron chi connectivity index (χ2n) is 7.17. The highest BCUT2D eigenvalue weighted by Gasteiger charge is 2.25. The van der Waals surface area contributed by atoms with Crippen LogP contribution in [0.3, 0.4) is 0 Å². The standard InChI is InChI=1S/C21H27N3O2/c1-3-8-24(12-16-4-5-16)21-11-19(22-14-23-21)20(26)10-18-7-6-17(13-25)9-15(18)2/h6-7,9,11,14,16,25H,3-5,8,10,12-13H2,1-2H3. The molecular formula is C21H27N3O2. The Morgan fingerprint density at radius 1 is 1.27 bits per heavy atom. The van der Waals surface area contributed by atoms with Crippen LogP contribution >= 0.6 is 0 Å². The summed E-state index contributed by atoms with van der Waals surface area (Å²) in [6.07, 6.45) is 5.45. The average molecular weight is 353 g/mol. The third-order valence-electron chi connectivity index (χ3n) is 4.87. The van der Waals surface area contributed by atoms with Crippen LogP contribution in [0.1, 0.15) is 53.4 Å². The van der Waals surface area contributed by atoms with Crippen LogP contribution in [0.5, 0.6) is 0 Å². The Balaban J connectivity index is 1.75. The van der Waals surface area contributed by atoms with E-state index in [0.29, 0.717) is 12.1 Å². The SMILES string of the molecule is CCCN(CC1CC1)c1cc(C(=O)Cc2ccc(CO)cc2C)ncn1. The first-order valence-corrected chi connectivity index (χ1v) is 9.40. The van der Waals surface area contributed by atoms with Gasteiger partial charge in [-0.1, -0.05) is 25.1 Å². The van der Waals surface area contributed by atoms with Crippen LogP contribution in [0, 0.1) is 12.8 Å². The van der Waals surface area contributed by atoms with Crippen molar-refractivity contribution < 1.29 is 9.90 Å². The molecule has 0 unspecified atom stereocenters. The van der Waals surface area contributed by atoms with Crippen molar-refractivity contribution in [2.75, 3.05) is 18.0 Å². The minimum absolute atomic E-state index is 0.00336. The van der Waals surface area contributed by atoms with Crippen LogP contribution in [-0.2, 0) is 13.0 Å². The van der Waals surface area contributed by atoms with Crippen molar-refractivity contribution in [2.24, 2.45) is 5.92 Å². The van der Waals surface area contributed by atoms with E-state index < -0.39 is 0 Å². The smallest absolute Gasteiger partial charge is 0.185 e. The van der Waals surface area contributed by atoms with Crippen molar-refractivity contribution in [3.8, 4) is 0 Å². The van der Waals surface area contributed by atoms with Crippen molar-refractivity contribution in [3.63, 3.8) is 0 Å². The summed E-state index contributed by atoms with van der Waals surface area (Å²) in [6, 6.07) is 7.53. The highest BCUT2D eigenvalue weighted by atomic mass is 16.3. The number of aryl methyl sites for hydroxylation is 1. The largest absolute Gasteiger partial charge is 0.392 e. The van der Waals surface area contributed by atoms with E-state index in [1.54, 1.807) is 0 Å². The summed E-state index contributed by atoms with van der Waals surface area (Å²) in [7, 11) is 0. The minimum atomic E-state index is -0.00336. The number of rotatable bonds is 9. The molecule has 0 bridgehead atoms. The number of ketones is 1. The van der Waals surface area contributed by atoms with Crippen molar-refractivity contribution >= 4 is 11.6 Å². The molecule has 26 heavy (non-hydrogen) atoms. The number of hydrogen-bond donors (Lipinski definition) is 1. The van der Waals surface area contributed by atoms with Crippen LogP contribution < -0.4 is 4.90 Å². The summed E-state index contributed by atoms with van der Waals surface area (Å²) in [4.78, 5) is 23.6. The summed E-state index contributed by atoms with van der Waals surface area (Å²) in [5, 5.41) is 9.22. The number of anilines is 1. The third kappa shape index (κ3) is 4.67. The highest BCUT2D eigenvalue weighted by Crippen LogP contribution is 2.31. The fourth-order valence-corrected chi connectivity index (χ4v) is 3.17. The van der Waals surface area contributed by atoms with E-state index in [4.69, 9.17) is 0 Å². The maximum Gasteiger partial charge on any atom is 0.185 e. The van der Waals surface area contributed by atoms with Crippen LogP contribution in [0.15, 0.2) is 30.6 Å². The molecule has 0 amide bonds. The molecule has 0 spiro atoms. The van der Waals surface area contributed by atoms with E-state index in [1.165, 1.54) is 19.2 Å². The van der Waals surface area contributed by atoms with Crippen LogP contribution in [-0.4, -0.2) is 33.9 Å². The molecule has 1 saturated carbocycles. The summed E-state index contributed by atoms with van der Waals surface area (Å²) in [5.74, 6) is 1.61. The Hall–Kier alpha value is -2.27. The topological polar surface area (TPSA) is 66.3 Å². The molecular weight excluding hydrogens is 326 g/mol. The van der Waals surface area contributed by atoms with E-state index in [-0.39, 0.29) is 12.4 Å². The van der Waals surface area contributed by atoms with E-state index in [9.17, 15) is 9.90 Å². The molecule has 1 fully saturated rings. The fourth-order valence-electron chi connectivity index (χ4n) is 3.17. The van der Waals surface area contributed by atoms with Gasteiger partial charge in [-0.25, -0.2) is 9.97 Å². The van der Waals surface area contributed by atoms with Gasteiger partial charge >= 0.3 is 0 Å². The van der Waals surface area contributed by atoms with Gasteiger partial charge in [0.15, 0.2) is 5.78 Å². The second kappa shape index (κ2) is 8.41. The first-order valence-electron chi connectivity index (χ1n) is 9.40. The molecule has 2 aromatic rings. The van der Waals surface area contributed by atoms with Gasteiger partial charge in [-0.2, -0.15) is 0 Å². The Kier molecular flexibility index (Phi) is 5.99. The quantitative estimate of drug-likeness (QED) is 0.701. The molecule has 1 aliphatic carbocycles. The van der Waals surface area contributed by atoms with E-state index in [1.807, 2.05) is 31.2 Å². The van der Waals surface area contributed by atoms with Gasteiger partial charge in [0.2, 0.25) is 0 Å². The van der Waals surface area contributed by atoms with E-state index >= 15 is 0 Å². The zero-order chi connectivity index (χ0) is 18.5. The van der Waals surface area contributed by atoms with E-state index in [2.05, 4.69) is 21.8 Å². The predicted molar refractivity (Wildman–Crippen MR) is 102 cm³/mol. The monoisotopic (exact) mass is 353 g/mol. The molecule has 0 aliphatic heterocycles. The lowest BCUT2D eigenvalue weighted by Crippen LogP contribution is -2.27. The van der Waals surface area contributed by atoms with Crippen LogP contribution in [0.25, 0.3) is 0 Å². The van der Waals surface area contributed by atoms with Crippen molar-refractivity contribution in [2.45, 2.75) is 46.1 Å². The van der Waals surface area contributed by atoms with E-state index in [0.717, 1.165) is 47.9 Å². The molecule has 1 N–H and O–H groups in total. The Bertz CT molecular complexity index is 772. The molecule has 0 radical (unpaired) electrons. The van der Waals surface area contributed by atoms with Crippen molar-refractivity contribution in [1.29, 1.82) is 0 Å². The van der Waals surface area contributed by atoms with Gasteiger partial charge in [0.25, 0.3) is 0 Å². The molecule has 138 valence electrons. The Morgan fingerprint density at radius 3 is 2.73 bits per heavy atom. The van der Waals surface area contributed by atoms with Crippen LogP contribution in [0.4, 0.5) is 5.82 Å². The molecule has 5 nitrogen and oxygen atoms in total. The fraction of sp³-hybridized carbons (Fsp3) is 0.476. The van der Waals surface area contributed by atoms with Gasteiger partial charge in [-0.15, -0.1) is 0 Å². The summed E-state index contributed by atoms with van der Waals surface area (Å²) >= 11 is 0. The Labute approximate surface area is 155 Å². The number of aromatic nitrogens is 2. The van der Waals surface area contributed by atoms with Crippen molar-refractivity contribution in [1.82, 2.24) is 9.97 Å². The minimum Gasteiger partial charge on any atom is -0.392 e.